The zero-order valence-electron chi connectivity index (χ0n) is 19.2. The number of carboxylic acids is 1. The van der Waals surface area contributed by atoms with Crippen LogP contribution < -0.4 is 9.64 Å². The van der Waals surface area contributed by atoms with E-state index < -0.39 is 34.5 Å². The number of hydrogen-bond acceptors (Lipinski definition) is 7. The van der Waals surface area contributed by atoms with E-state index in [0.29, 0.717) is 26.2 Å². The minimum absolute atomic E-state index is 0.00989. The van der Waals surface area contributed by atoms with Gasteiger partial charge in [-0.15, -0.1) is 11.3 Å². The first-order valence-electron chi connectivity index (χ1n) is 10.9. The fourth-order valence-electron chi connectivity index (χ4n) is 3.83. The Labute approximate surface area is 222 Å². The van der Waals surface area contributed by atoms with Crippen molar-refractivity contribution in [1.29, 1.82) is 0 Å². The number of amides is 1. The summed E-state index contributed by atoms with van der Waals surface area (Å²) >= 11 is 7.06. The summed E-state index contributed by atoms with van der Waals surface area (Å²) in [7, 11) is -4.30. The molecular formula is C25H21ClN2O7S2. The van der Waals surface area contributed by atoms with E-state index in [0.717, 1.165) is 15.6 Å². The number of nitrogens with zero attached hydrogens (tertiary/aromatic N) is 2. The Bertz CT molecular complexity index is 1480. The number of ether oxygens (including phenoxy) is 1. The van der Waals surface area contributed by atoms with Crippen LogP contribution in [0.5, 0.6) is 5.75 Å². The molecule has 1 amide bonds. The maximum Gasteiger partial charge on any atom is 0.323 e. The predicted molar refractivity (Wildman–Crippen MR) is 138 cm³/mol. The first-order valence-corrected chi connectivity index (χ1v) is 13.5. The van der Waals surface area contributed by atoms with Gasteiger partial charge in [-0.2, -0.15) is 4.31 Å². The maximum absolute atomic E-state index is 13.7. The Morgan fingerprint density at radius 1 is 1.08 bits per heavy atom. The second-order valence-electron chi connectivity index (χ2n) is 7.82. The fourth-order valence-corrected chi connectivity index (χ4v) is 6.37. The van der Waals surface area contributed by atoms with Crippen molar-refractivity contribution in [2.24, 2.45) is 0 Å². The molecule has 12 heteroatoms. The Balaban J connectivity index is 1.69. The molecular weight excluding hydrogens is 540 g/mol. The number of benzene rings is 2. The molecule has 1 aliphatic rings. The van der Waals surface area contributed by atoms with E-state index in [9.17, 15) is 23.1 Å². The average molecular weight is 561 g/mol. The van der Waals surface area contributed by atoms with E-state index in [-0.39, 0.29) is 24.7 Å². The number of carbonyl (C=O) groups excluding carboxylic acids is 1. The maximum atomic E-state index is 13.7. The smallest absolute Gasteiger partial charge is 0.323 e. The number of sulfonamides is 1. The largest absolute Gasteiger partial charge is 0.481 e. The first-order chi connectivity index (χ1) is 17.7. The molecule has 0 fully saturated rings. The van der Waals surface area contributed by atoms with Crippen LogP contribution in [-0.2, 0) is 21.4 Å². The van der Waals surface area contributed by atoms with Gasteiger partial charge in [0.15, 0.2) is 0 Å². The van der Waals surface area contributed by atoms with E-state index in [2.05, 4.69) is 11.8 Å². The Morgan fingerprint density at radius 3 is 2.46 bits per heavy atom. The normalized spacial score (nSPS) is 15.7. The number of aliphatic carboxylic acids is 1. The number of hydrogen-bond donors (Lipinski definition) is 2. The van der Waals surface area contributed by atoms with Crippen LogP contribution >= 0.6 is 22.9 Å². The van der Waals surface area contributed by atoms with Gasteiger partial charge >= 0.3 is 5.97 Å². The van der Waals surface area contributed by atoms with Crippen LogP contribution in [0.1, 0.15) is 15.2 Å². The molecule has 4 rings (SSSR count). The second-order valence-corrected chi connectivity index (χ2v) is 11.4. The Kier molecular flexibility index (Phi) is 8.16. The van der Waals surface area contributed by atoms with E-state index in [4.69, 9.17) is 21.4 Å². The third-order valence-corrected chi connectivity index (χ3v) is 8.66. The van der Waals surface area contributed by atoms with Crippen LogP contribution in [0, 0.1) is 11.8 Å². The molecule has 0 spiro atoms. The summed E-state index contributed by atoms with van der Waals surface area (Å²) in [4.78, 5) is 27.2. The van der Waals surface area contributed by atoms with Gasteiger partial charge < -0.3 is 19.8 Å². The molecule has 3 aromatic rings. The van der Waals surface area contributed by atoms with E-state index in [1.807, 2.05) is 0 Å². The Morgan fingerprint density at radius 2 is 1.81 bits per heavy atom. The molecule has 1 atom stereocenters. The highest BCUT2D eigenvalue weighted by molar-refractivity contribution is 7.89. The van der Waals surface area contributed by atoms with Crippen molar-refractivity contribution >= 4 is 50.5 Å². The number of aliphatic hydroxyl groups is 1. The van der Waals surface area contributed by atoms with Gasteiger partial charge in [0, 0.05) is 12.2 Å². The molecule has 2 aromatic carbocycles. The second kappa shape index (κ2) is 11.3. The molecule has 0 bridgehead atoms. The number of aliphatic hydroxyl groups excluding tert-OH is 1. The molecule has 2 N–H and O–H groups in total. The summed E-state index contributed by atoms with van der Waals surface area (Å²) in [5, 5.41) is 18.8. The Hall–Kier alpha value is -3.40. The third kappa shape index (κ3) is 5.79. The molecule has 9 nitrogen and oxygen atoms in total. The topological polar surface area (TPSA) is 124 Å². The van der Waals surface area contributed by atoms with Crippen molar-refractivity contribution in [2.45, 2.75) is 17.5 Å². The zero-order valence-corrected chi connectivity index (χ0v) is 21.6. The number of halogens is 1. The summed E-state index contributed by atoms with van der Waals surface area (Å²) in [6.07, 6.45) is 0. The predicted octanol–water partition coefficient (Wildman–Crippen LogP) is 3.08. The minimum Gasteiger partial charge on any atom is -0.481 e. The van der Waals surface area contributed by atoms with Crippen molar-refractivity contribution in [3.63, 3.8) is 0 Å². The number of carbonyl (C=O) groups is 2. The third-order valence-electron chi connectivity index (χ3n) is 5.57. The van der Waals surface area contributed by atoms with Crippen molar-refractivity contribution in [1.82, 2.24) is 4.31 Å². The van der Waals surface area contributed by atoms with Crippen LogP contribution in [-0.4, -0.2) is 60.6 Å². The standard InChI is InChI=1S/C25H21ClN2O7S2/c26-23-12-11-22(36-23)24(30)27-16-21(25(31)32)28(15-17-5-1-2-6-20(17)27)37(33,34)19-9-7-18(8-10-19)35-14-4-3-13-29/h1-2,5-12,21,29H,13-16H2,(H,31,32). The lowest BCUT2D eigenvalue weighted by Crippen LogP contribution is -2.50. The number of rotatable bonds is 6. The molecule has 2 heterocycles. The summed E-state index contributed by atoms with van der Waals surface area (Å²) in [6, 6.07) is 13.8. The lowest BCUT2D eigenvalue weighted by atomic mass is 10.1. The van der Waals surface area contributed by atoms with Crippen molar-refractivity contribution in [3.8, 4) is 17.6 Å². The molecule has 0 radical (unpaired) electrons. The fraction of sp³-hybridized carbons (Fsp3) is 0.200. The van der Waals surface area contributed by atoms with Crippen LogP contribution in [0.25, 0.3) is 0 Å². The summed E-state index contributed by atoms with van der Waals surface area (Å²) < 4.78 is 34.0. The van der Waals surface area contributed by atoms with E-state index >= 15 is 0 Å². The van der Waals surface area contributed by atoms with Crippen molar-refractivity contribution in [2.75, 3.05) is 24.7 Å². The number of anilines is 1. The monoisotopic (exact) mass is 560 g/mol. The van der Waals surface area contributed by atoms with Crippen LogP contribution in [0.2, 0.25) is 4.34 Å². The van der Waals surface area contributed by atoms with E-state index in [1.165, 1.54) is 29.2 Å². The number of fused-ring (bicyclic) bond motifs is 1. The van der Waals surface area contributed by atoms with Crippen molar-refractivity contribution < 1.29 is 33.0 Å². The SMILES string of the molecule is O=C(O)C1CN(C(=O)c2ccc(Cl)s2)c2ccccc2CN1S(=O)(=O)c1ccc(OCC#CCO)cc1. The summed E-state index contributed by atoms with van der Waals surface area (Å²) in [5.41, 5.74) is 0.905. The zero-order chi connectivity index (χ0) is 26.6. The van der Waals surface area contributed by atoms with Gasteiger partial charge in [0.05, 0.1) is 20.7 Å². The molecule has 1 aromatic heterocycles. The lowest BCUT2D eigenvalue weighted by Gasteiger charge is -2.28. The molecule has 1 unspecified atom stereocenters. The highest BCUT2D eigenvalue weighted by Gasteiger charge is 2.41. The van der Waals surface area contributed by atoms with Gasteiger partial charge in [0.25, 0.3) is 5.91 Å². The minimum atomic E-state index is -4.30. The summed E-state index contributed by atoms with van der Waals surface area (Å²) in [5.74, 6) is 3.52. The molecule has 0 saturated heterocycles. The lowest BCUT2D eigenvalue weighted by molar-refractivity contribution is -0.141. The van der Waals surface area contributed by atoms with Crippen LogP contribution in [0.15, 0.2) is 65.6 Å². The van der Waals surface area contributed by atoms with E-state index in [1.54, 1.807) is 36.4 Å². The highest BCUT2D eigenvalue weighted by atomic mass is 35.5. The number of thiophene rings is 1. The number of carboxylic acid groups (broad SMARTS) is 1. The molecule has 192 valence electrons. The van der Waals surface area contributed by atoms with Gasteiger partial charge in [-0.3, -0.25) is 9.59 Å². The molecule has 0 saturated carbocycles. The van der Waals surface area contributed by atoms with Gasteiger partial charge in [-0.1, -0.05) is 41.6 Å². The van der Waals surface area contributed by atoms with Gasteiger partial charge in [-0.25, -0.2) is 8.42 Å². The van der Waals surface area contributed by atoms with Gasteiger partial charge in [-0.05, 0) is 48.0 Å². The van der Waals surface area contributed by atoms with Gasteiger partial charge in [0.1, 0.15) is 25.0 Å². The summed E-state index contributed by atoms with van der Waals surface area (Å²) in [6.45, 7) is -0.936. The number of para-hydroxylation sites is 1. The first kappa shape index (κ1) is 26.7. The molecule has 1 aliphatic heterocycles. The van der Waals surface area contributed by atoms with Gasteiger partial charge in [0.2, 0.25) is 10.0 Å². The molecule has 37 heavy (non-hydrogen) atoms. The highest BCUT2D eigenvalue weighted by Crippen LogP contribution is 2.33. The quantitative estimate of drug-likeness (QED) is 0.444. The van der Waals surface area contributed by atoms with Crippen LogP contribution in [0.4, 0.5) is 5.69 Å². The molecule has 0 aliphatic carbocycles. The van der Waals surface area contributed by atoms with Crippen molar-refractivity contribution in [3.05, 3.63) is 75.4 Å². The van der Waals surface area contributed by atoms with Crippen LogP contribution in [0.3, 0.4) is 0 Å². The average Bonchev–Trinajstić information content (AvgIpc) is 3.23.